The van der Waals surface area contributed by atoms with E-state index in [2.05, 4.69) is 49.4 Å². The third-order valence-corrected chi connectivity index (χ3v) is 6.04. The molecule has 4 rings (SSSR count). The van der Waals surface area contributed by atoms with Crippen LogP contribution in [0.2, 0.25) is 0 Å². The Kier molecular flexibility index (Phi) is 6.66. The van der Waals surface area contributed by atoms with Gasteiger partial charge in [0.25, 0.3) is 0 Å². The number of pyridine rings is 1. The van der Waals surface area contributed by atoms with Gasteiger partial charge in [-0.25, -0.2) is 0 Å². The van der Waals surface area contributed by atoms with E-state index in [0.717, 1.165) is 54.9 Å². The summed E-state index contributed by atoms with van der Waals surface area (Å²) in [6.07, 6.45) is 4.09. The fourth-order valence-corrected chi connectivity index (χ4v) is 4.26. The number of carbonyl (C=O) groups excluding carboxylic acids is 1. The van der Waals surface area contributed by atoms with Crippen molar-refractivity contribution in [2.75, 3.05) is 13.7 Å². The number of carbonyl (C=O) groups is 1. The summed E-state index contributed by atoms with van der Waals surface area (Å²) in [5.74, 6) is 1.05. The van der Waals surface area contributed by atoms with Crippen LogP contribution >= 0.6 is 0 Å². The van der Waals surface area contributed by atoms with Crippen molar-refractivity contribution >= 4 is 5.91 Å². The maximum Gasteiger partial charge on any atom is 0.223 e. The molecule has 1 aromatic heterocycles. The molecule has 1 aliphatic heterocycles. The molecule has 0 spiro atoms. The number of hydrogen-bond donors (Lipinski definition) is 0. The molecule has 0 aliphatic carbocycles. The van der Waals surface area contributed by atoms with Crippen LogP contribution in [-0.4, -0.2) is 29.4 Å². The number of methoxy groups -OCH3 is 1. The number of rotatable bonds is 7. The van der Waals surface area contributed by atoms with E-state index in [9.17, 15) is 4.79 Å². The van der Waals surface area contributed by atoms with Gasteiger partial charge in [-0.3, -0.25) is 9.78 Å². The second-order valence-electron chi connectivity index (χ2n) is 8.31. The highest BCUT2D eigenvalue weighted by molar-refractivity contribution is 5.77. The summed E-state index contributed by atoms with van der Waals surface area (Å²) in [6.45, 7) is 2.92. The molecule has 1 fully saturated rings. The van der Waals surface area contributed by atoms with Crippen LogP contribution in [0, 0.1) is 6.92 Å². The molecule has 0 bridgehead atoms. The van der Waals surface area contributed by atoms with E-state index in [1.54, 1.807) is 7.11 Å². The van der Waals surface area contributed by atoms with Gasteiger partial charge in [-0.2, -0.15) is 0 Å². The summed E-state index contributed by atoms with van der Waals surface area (Å²) >= 11 is 0. The number of aryl methyl sites for hydroxylation is 2. The van der Waals surface area contributed by atoms with Crippen molar-refractivity contribution in [2.45, 2.75) is 45.1 Å². The van der Waals surface area contributed by atoms with Gasteiger partial charge in [0.05, 0.1) is 18.8 Å². The summed E-state index contributed by atoms with van der Waals surface area (Å²) in [5.41, 5.74) is 5.75. The van der Waals surface area contributed by atoms with Crippen molar-refractivity contribution < 1.29 is 9.53 Å². The molecular formula is C27H30N2O2. The quantitative estimate of drug-likeness (QED) is 0.528. The number of amides is 1. The molecule has 1 aliphatic rings. The maximum absolute atomic E-state index is 13.0. The number of ether oxygens (including phenoxy) is 1. The van der Waals surface area contributed by atoms with E-state index < -0.39 is 0 Å². The average Bonchev–Trinajstić information content (AvgIpc) is 3.30. The van der Waals surface area contributed by atoms with Crippen molar-refractivity contribution in [3.8, 4) is 5.75 Å². The molecule has 3 aromatic rings. The van der Waals surface area contributed by atoms with Crippen molar-refractivity contribution in [1.29, 1.82) is 0 Å². The topological polar surface area (TPSA) is 42.4 Å². The summed E-state index contributed by atoms with van der Waals surface area (Å²) in [6, 6.07) is 22.9. The first-order valence-corrected chi connectivity index (χ1v) is 11.1. The molecule has 1 atom stereocenters. The van der Waals surface area contributed by atoms with Gasteiger partial charge in [0.1, 0.15) is 5.75 Å². The number of nitrogens with zero attached hydrogens (tertiary/aromatic N) is 2. The monoisotopic (exact) mass is 414 g/mol. The third-order valence-electron chi connectivity index (χ3n) is 6.04. The van der Waals surface area contributed by atoms with Gasteiger partial charge < -0.3 is 9.64 Å². The van der Waals surface area contributed by atoms with Crippen molar-refractivity contribution in [3.63, 3.8) is 0 Å². The first kappa shape index (κ1) is 21.1. The van der Waals surface area contributed by atoms with E-state index >= 15 is 0 Å². The Morgan fingerprint density at radius 2 is 1.77 bits per heavy atom. The van der Waals surface area contributed by atoms with Gasteiger partial charge in [-0.05, 0) is 61.6 Å². The summed E-state index contributed by atoms with van der Waals surface area (Å²) in [5, 5.41) is 0. The van der Waals surface area contributed by atoms with Gasteiger partial charge in [0.15, 0.2) is 0 Å². The zero-order chi connectivity index (χ0) is 21.6. The highest BCUT2D eigenvalue weighted by Gasteiger charge is 2.30. The van der Waals surface area contributed by atoms with Gasteiger partial charge in [0.2, 0.25) is 5.91 Å². The Labute approximate surface area is 184 Å². The SMILES string of the molecule is COc1ccc(CCC(=O)N2CCCC2c2cccc(Cc3ccc(C)cc3)n2)cc1. The molecule has 0 saturated carbocycles. The lowest BCUT2D eigenvalue weighted by atomic mass is 10.1. The molecule has 1 amide bonds. The van der Waals surface area contributed by atoms with E-state index in [1.807, 2.05) is 29.2 Å². The molecule has 1 unspecified atom stereocenters. The molecule has 0 N–H and O–H groups in total. The van der Waals surface area contributed by atoms with Crippen LogP contribution in [0.15, 0.2) is 66.7 Å². The van der Waals surface area contributed by atoms with Gasteiger partial charge in [0, 0.05) is 25.1 Å². The third kappa shape index (κ3) is 5.32. The van der Waals surface area contributed by atoms with E-state index in [-0.39, 0.29) is 11.9 Å². The molecule has 0 radical (unpaired) electrons. The van der Waals surface area contributed by atoms with E-state index in [0.29, 0.717) is 6.42 Å². The minimum atomic E-state index is 0.0846. The standard InChI is InChI=1S/C27H30N2O2/c1-20-8-10-22(11-9-20)19-23-5-3-6-25(28-23)26-7-4-18-29(26)27(30)17-14-21-12-15-24(31-2)16-13-21/h3,5-6,8-13,15-16,26H,4,7,14,17-19H2,1-2H3. The van der Waals surface area contributed by atoms with Crippen molar-refractivity contribution in [1.82, 2.24) is 9.88 Å². The maximum atomic E-state index is 13.0. The summed E-state index contributed by atoms with van der Waals surface area (Å²) < 4.78 is 5.21. The zero-order valence-electron chi connectivity index (χ0n) is 18.4. The van der Waals surface area contributed by atoms with Crippen LogP contribution < -0.4 is 4.74 Å². The van der Waals surface area contributed by atoms with E-state index in [4.69, 9.17) is 9.72 Å². The Morgan fingerprint density at radius 3 is 2.52 bits per heavy atom. The predicted molar refractivity (Wildman–Crippen MR) is 123 cm³/mol. The van der Waals surface area contributed by atoms with Crippen LogP contribution in [0.1, 0.15) is 53.4 Å². The minimum Gasteiger partial charge on any atom is -0.497 e. The highest BCUT2D eigenvalue weighted by Crippen LogP contribution is 2.32. The van der Waals surface area contributed by atoms with Gasteiger partial charge >= 0.3 is 0 Å². The fourth-order valence-electron chi connectivity index (χ4n) is 4.26. The highest BCUT2D eigenvalue weighted by atomic mass is 16.5. The molecule has 4 nitrogen and oxygen atoms in total. The smallest absolute Gasteiger partial charge is 0.223 e. The van der Waals surface area contributed by atoms with Crippen molar-refractivity contribution in [3.05, 3.63) is 94.8 Å². The lowest BCUT2D eigenvalue weighted by Gasteiger charge is -2.25. The lowest BCUT2D eigenvalue weighted by molar-refractivity contribution is -0.132. The van der Waals surface area contributed by atoms with E-state index in [1.165, 1.54) is 11.1 Å². The van der Waals surface area contributed by atoms with Crippen LogP contribution in [-0.2, 0) is 17.6 Å². The Bertz CT molecular complexity index is 1010. The summed E-state index contributed by atoms with van der Waals surface area (Å²) in [7, 11) is 1.66. The lowest BCUT2D eigenvalue weighted by Crippen LogP contribution is -2.31. The zero-order valence-corrected chi connectivity index (χ0v) is 18.4. The Balaban J connectivity index is 1.41. The molecule has 2 aromatic carbocycles. The normalized spacial score (nSPS) is 15.8. The molecule has 1 saturated heterocycles. The summed E-state index contributed by atoms with van der Waals surface area (Å²) in [4.78, 5) is 20.0. The Hall–Kier alpha value is -3.14. The Morgan fingerprint density at radius 1 is 1.03 bits per heavy atom. The second-order valence-corrected chi connectivity index (χ2v) is 8.31. The predicted octanol–water partition coefficient (Wildman–Crippen LogP) is 5.29. The van der Waals surface area contributed by atoms with Gasteiger partial charge in [-0.1, -0.05) is 48.0 Å². The first-order valence-electron chi connectivity index (χ1n) is 11.1. The van der Waals surface area contributed by atoms with Crippen molar-refractivity contribution in [2.24, 2.45) is 0 Å². The van der Waals surface area contributed by atoms with Crippen LogP contribution in [0.3, 0.4) is 0 Å². The minimum absolute atomic E-state index is 0.0846. The molecule has 2 heterocycles. The molecule has 31 heavy (non-hydrogen) atoms. The van der Waals surface area contributed by atoms with Crippen LogP contribution in [0.4, 0.5) is 0 Å². The number of hydrogen-bond acceptors (Lipinski definition) is 3. The second kappa shape index (κ2) is 9.78. The van der Waals surface area contributed by atoms with Gasteiger partial charge in [-0.15, -0.1) is 0 Å². The van der Waals surface area contributed by atoms with Crippen LogP contribution in [0.5, 0.6) is 5.75 Å². The average molecular weight is 415 g/mol. The van der Waals surface area contributed by atoms with Crippen LogP contribution in [0.25, 0.3) is 0 Å². The number of benzene rings is 2. The fraction of sp³-hybridized carbons (Fsp3) is 0.333. The largest absolute Gasteiger partial charge is 0.497 e. The number of likely N-dealkylation sites (tertiary alicyclic amines) is 1. The molecule has 4 heteroatoms. The first-order chi connectivity index (χ1) is 15.1. The molecule has 160 valence electrons. The molecular weight excluding hydrogens is 384 g/mol. The number of aromatic nitrogens is 1.